The van der Waals surface area contributed by atoms with Gasteiger partial charge in [-0.2, -0.15) is 0 Å². The molecule has 1 atom stereocenters. The fourth-order valence-electron chi connectivity index (χ4n) is 0.933. The third kappa shape index (κ3) is 4.73. The zero-order valence-corrected chi connectivity index (χ0v) is 7.34. The summed E-state index contributed by atoms with van der Waals surface area (Å²) in [4.78, 5) is 11.1. The van der Waals surface area contributed by atoms with E-state index in [4.69, 9.17) is 5.73 Å². The Bertz CT molecular complexity index is 140. The standard InChI is InChI=1S/C9H17NO/c1-4-5-9(11)8(10)6-7(2)3/h4,7-8H,1,5-6,10H2,2-3H3. The lowest BCUT2D eigenvalue weighted by atomic mass is 10.00. The van der Waals surface area contributed by atoms with E-state index < -0.39 is 0 Å². The Balaban J connectivity index is 3.72. The van der Waals surface area contributed by atoms with Crippen LogP contribution >= 0.6 is 0 Å². The molecule has 0 aromatic carbocycles. The normalized spacial score (nSPS) is 13.1. The fraction of sp³-hybridized carbons (Fsp3) is 0.667. The highest BCUT2D eigenvalue weighted by atomic mass is 16.1. The molecule has 2 nitrogen and oxygen atoms in total. The van der Waals surface area contributed by atoms with Crippen LogP contribution in [0.2, 0.25) is 0 Å². The van der Waals surface area contributed by atoms with Crippen molar-refractivity contribution in [2.75, 3.05) is 0 Å². The average Bonchev–Trinajstić information content (AvgIpc) is 1.86. The van der Waals surface area contributed by atoms with Crippen LogP contribution in [0.5, 0.6) is 0 Å². The molecule has 0 aliphatic heterocycles. The van der Waals surface area contributed by atoms with Crippen LogP contribution in [0.3, 0.4) is 0 Å². The molecule has 0 spiro atoms. The Labute approximate surface area is 68.5 Å². The molecule has 1 unspecified atom stereocenters. The maximum absolute atomic E-state index is 11.1. The first-order valence-electron chi connectivity index (χ1n) is 3.97. The lowest BCUT2D eigenvalue weighted by Gasteiger charge is -2.11. The van der Waals surface area contributed by atoms with Gasteiger partial charge in [0.25, 0.3) is 0 Å². The molecule has 0 rings (SSSR count). The number of Topliss-reactive ketones (excluding diaryl/α,β-unsaturated/α-hetero) is 1. The molecule has 64 valence electrons. The van der Waals surface area contributed by atoms with Gasteiger partial charge in [0.05, 0.1) is 6.04 Å². The Morgan fingerprint density at radius 1 is 1.64 bits per heavy atom. The molecule has 0 heterocycles. The third-order valence-corrected chi connectivity index (χ3v) is 1.48. The number of carbonyl (C=O) groups is 1. The van der Waals surface area contributed by atoms with E-state index >= 15 is 0 Å². The van der Waals surface area contributed by atoms with Crippen LogP contribution in [0.1, 0.15) is 26.7 Å². The Morgan fingerprint density at radius 3 is 2.55 bits per heavy atom. The lowest BCUT2D eigenvalue weighted by molar-refractivity contribution is -0.119. The van der Waals surface area contributed by atoms with E-state index in [0.717, 1.165) is 6.42 Å². The second-order valence-electron chi connectivity index (χ2n) is 3.20. The van der Waals surface area contributed by atoms with E-state index in [9.17, 15) is 4.79 Å². The first kappa shape index (κ1) is 10.4. The zero-order valence-electron chi connectivity index (χ0n) is 7.34. The predicted octanol–water partition coefficient (Wildman–Crippen LogP) is 1.50. The van der Waals surface area contributed by atoms with Crippen LogP contribution in [0.25, 0.3) is 0 Å². The second kappa shape index (κ2) is 5.08. The van der Waals surface area contributed by atoms with Crippen LogP contribution in [0.15, 0.2) is 12.7 Å². The summed E-state index contributed by atoms with van der Waals surface area (Å²) in [5, 5.41) is 0. The van der Waals surface area contributed by atoms with Crippen molar-refractivity contribution in [2.24, 2.45) is 11.7 Å². The molecular formula is C9H17NO. The maximum Gasteiger partial charge on any atom is 0.153 e. The largest absolute Gasteiger partial charge is 0.321 e. The molecule has 0 amide bonds. The van der Waals surface area contributed by atoms with E-state index in [0.29, 0.717) is 12.3 Å². The molecule has 11 heavy (non-hydrogen) atoms. The van der Waals surface area contributed by atoms with Gasteiger partial charge in [-0.25, -0.2) is 0 Å². The highest BCUT2D eigenvalue weighted by Crippen LogP contribution is 2.04. The summed E-state index contributed by atoms with van der Waals surface area (Å²) in [6.45, 7) is 7.60. The second-order valence-corrected chi connectivity index (χ2v) is 3.20. The third-order valence-electron chi connectivity index (χ3n) is 1.48. The molecule has 2 N–H and O–H groups in total. The summed E-state index contributed by atoms with van der Waals surface area (Å²) < 4.78 is 0. The number of ketones is 1. The molecule has 0 bridgehead atoms. The zero-order chi connectivity index (χ0) is 8.85. The van der Waals surface area contributed by atoms with Gasteiger partial charge in [0.2, 0.25) is 0 Å². The first-order chi connectivity index (χ1) is 5.07. The molecule has 2 heteroatoms. The molecule has 0 aliphatic carbocycles. The molecule has 0 aliphatic rings. The lowest BCUT2D eigenvalue weighted by Crippen LogP contribution is -2.31. The quantitative estimate of drug-likeness (QED) is 0.611. The molecule has 0 aromatic rings. The van der Waals surface area contributed by atoms with Gasteiger partial charge in [-0.05, 0) is 12.3 Å². The summed E-state index contributed by atoms with van der Waals surface area (Å²) in [5.41, 5.74) is 5.61. The summed E-state index contributed by atoms with van der Waals surface area (Å²) in [6.07, 6.45) is 2.77. The van der Waals surface area contributed by atoms with E-state index in [-0.39, 0.29) is 11.8 Å². The van der Waals surface area contributed by atoms with Gasteiger partial charge in [-0.1, -0.05) is 19.9 Å². The van der Waals surface area contributed by atoms with Crippen molar-refractivity contribution in [3.63, 3.8) is 0 Å². The number of allylic oxidation sites excluding steroid dienone is 1. The van der Waals surface area contributed by atoms with Crippen LogP contribution in [-0.4, -0.2) is 11.8 Å². The van der Waals surface area contributed by atoms with Crippen molar-refractivity contribution in [3.8, 4) is 0 Å². The monoisotopic (exact) mass is 155 g/mol. The molecule has 0 saturated carbocycles. The van der Waals surface area contributed by atoms with Crippen LogP contribution in [-0.2, 0) is 4.79 Å². The van der Waals surface area contributed by atoms with E-state index in [1.165, 1.54) is 0 Å². The van der Waals surface area contributed by atoms with Crippen molar-refractivity contribution in [3.05, 3.63) is 12.7 Å². The van der Waals surface area contributed by atoms with Crippen LogP contribution in [0, 0.1) is 5.92 Å². The van der Waals surface area contributed by atoms with Gasteiger partial charge in [-0.3, -0.25) is 4.79 Å². The molecule has 0 fully saturated rings. The van der Waals surface area contributed by atoms with Crippen molar-refractivity contribution in [1.82, 2.24) is 0 Å². The molecular weight excluding hydrogens is 138 g/mol. The van der Waals surface area contributed by atoms with Gasteiger partial charge in [0.1, 0.15) is 0 Å². The topological polar surface area (TPSA) is 43.1 Å². The van der Waals surface area contributed by atoms with Gasteiger partial charge in [0.15, 0.2) is 5.78 Å². The van der Waals surface area contributed by atoms with Crippen molar-refractivity contribution < 1.29 is 4.79 Å². The number of hydrogen-bond donors (Lipinski definition) is 1. The summed E-state index contributed by atoms with van der Waals surface area (Å²) in [5.74, 6) is 0.576. The van der Waals surface area contributed by atoms with Gasteiger partial charge < -0.3 is 5.73 Å². The summed E-state index contributed by atoms with van der Waals surface area (Å²) in [7, 11) is 0. The van der Waals surface area contributed by atoms with Gasteiger partial charge >= 0.3 is 0 Å². The Hall–Kier alpha value is -0.630. The minimum atomic E-state index is -0.298. The molecule has 0 aromatic heterocycles. The minimum Gasteiger partial charge on any atom is -0.321 e. The SMILES string of the molecule is C=CCC(=O)C(N)CC(C)C. The maximum atomic E-state index is 11.1. The number of nitrogens with two attached hydrogens (primary N) is 1. The number of carbonyl (C=O) groups excluding carboxylic acids is 1. The smallest absolute Gasteiger partial charge is 0.153 e. The summed E-state index contributed by atoms with van der Waals surface area (Å²) >= 11 is 0. The van der Waals surface area contributed by atoms with Crippen molar-refractivity contribution in [1.29, 1.82) is 0 Å². The first-order valence-corrected chi connectivity index (χ1v) is 3.97. The highest BCUT2D eigenvalue weighted by Gasteiger charge is 2.12. The van der Waals surface area contributed by atoms with E-state index in [1.54, 1.807) is 6.08 Å². The summed E-state index contributed by atoms with van der Waals surface area (Å²) in [6, 6.07) is -0.298. The van der Waals surface area contributed by atoms with Crippen molar-refractivity contribution in [2.45, 2.75) is 32.7 Å². The Morgan fingerprint density at radius 2 is 2.18 bits per heavy atom. The fourth-order valence-corrected chi connectivity index (χ4v) is 0.933. The minimum absolute atomic E-state index is 0.0914. The number of hydrogen-bond acceptors (Lipinski definition) is 2. The van der Waals surface area contributed by atoms with E-state index in [2.05, 4.69) is 20.4 Å². The van der Waals surface area contributed by atoms with Crippen LogP contribution < -0.4 is 5.73 Å². The van der Waals surface area contributed by atoms with Crippen LogP contribution in [0.4, 0.5) is 0 Å². The predicted molar refractivity (Wildman–Crippen MR) is 47.3 cm³/mol. The van der Waals surface area contributed by atoms with Gasteiger partial charge in [-0.15, -0.1) is 6.58 Å². The average molecular weight is 155 g/mol. The van der Waals surface area contributed by atoms with Crippen molar-refractivity contribution >= 4 is 5.78 Å². The van der Waals surface area contributed by atoms with E-state index in [1.807, 2.05) is 0 Å². The van der Waals surface area contributed by atoms with Gasteiger partial charge in [0, 0.05) is 6.42 Å². The highest BCUT2D eigenvalue weighted by molar-refractivity contribution is 5.84. The molecule has 0 saturated heterocycles. The number of rotatable bonds is 5. The Kier molecular flexibility index (Phi) is 4.79. The molecule has 0 radical (unpaired) electrons.